The highest BCUT2D eigenvalue weighted by Crippen LogP contribution is 2.72. The Morgan fingerprint density at radius 3 is 2.16 bits per heavy atom. The van der Waals surface area contributed by atoms with Gasteiger partial charge >= 0.3 is 0 Å². The monoisotopic (exact) mass is 262 g/mol. The van der Waals surface area contributed by atoms with Crippen LogP contribution in [0.3, 0.4) is 0 Å². The Labute approximate surface area is 116 Å². The third-order valence-electron chi connectivity index (χ3n) is 5.02. The van der Waals surface area contributed by atoms with E-state index in [0.29, 0.717) is 5.92 Å². The van der Waals surface area contributed by atoms with Crippen molar-refractivity contribution in [3.05, 3.63) is 29.8 Å². The van der Waals surface area contributed by atoms with E-state index in [0.717, 1.165) is 11.3 Å². The highest BCUT2D eigenvalue weighted by molar-refractivity contribution is 5.33. The standard InChI is InChI=1S/C17H26O2/c1-11(2)19-13-9-7-8-12(10-13)14(18)15-16(3,4)17(15,5)6/h7-11,14-15,18H,1-6H3. The third-order valence-corrected chi connectivity index (χ3v) is 5.02. The van der Waals surface area contributed by atoms with Crippen molar-refractivity contribution in [3.8, 4) is 5.75 Å². The molecule has 1 N–H and O–H groups in total. The lowest BCUT2D eigenvalue weighted by molar-refractivity contribution is 0.130. The SMILES string of the molecule is CC(C)Oc1cccc(C(O)C2C(C)(C)C2(C)C)c1. The molecule has 1 unspecified atom stereocenters. The first-order chi connectivity index (χ1) is 8.68. The van der Waals surface area contributed by atoms with E-state index < -0.39 is 6.10 Å². The Balaban J connectivity index is 2.19. The molecule has 0 saturated heterocycles. The molecular weight excluding hydrogens is 236 g/mol. The van der Waals surface area contributed by atoms with E-state index >= 15 is 0 Å². The molecule has 1 aromatic carbocycles. The van der Waals surface area contributed by atoms with E-state index in [9.17, 15) is 5.11 Å². The topological polar surface area (TPSA) is 29.5 Å². The van der Waals surface area contributed by atoms with E-state index in [1.165, 1.54) is 0 Å². The average molecular weight is 262 g/mol. The summed E-state index contributed by atoms with van der Waals surface area (Å²) in [4.78, 5) is 0. The molecule has 0 heterocycles. The summed E-state index contributed by atoms with van der Waals surface area (Å²) in [5.74, 6) is 1.14. The molecule has 0 aromatic heterocycles. The Morgan fingerprint density at radius 1 is 1.11 bits per heavy atom. The summed E-state index contributed by atoms with van der Waals surface area (Å²) in [6, 6.07) is 7.86. The van der Waals surface area contributed by atoms with Crippen LogP contribution < -0.4 is 4.74 Å². The average Bonchev–Trinajstić information content (AvgIpc) is 2.68. The van der Waals surface area contributed by atoms with E-state index in [4.69, 9.17) is 4.74 Å². The summed E-state index contributed by atoms with van der Waals surface area (Å²) in [5, 5.41) is 10.6. The van der Waals surface area contributed by atoms with Crippen LogP contribution in [0, 0.1) is 16.7 Å². The molecular formula is C17H26O2. The molecule has 1 aliphatic rings. The first-order valence-corrected chi connectivity index (χ1v) is 7.12. The maximum Gasteiger partial charge on any atom is 0.120 e. The van der Waals surface area contributed by atoms with E-state index in [-0.39, 0.29) is 16.9 Å². The lowest BCUT2D eigenvalue weighted by Gasteiger charge is -2.16. The van der Waals surface area contributed by atoms with Gasteiger partial charge in [0.05, 0.1) is 12.2 Å². The summed E-state index contributed by atoms with van der Waals surface area (Å²) in [6.45, 7) is 12.9. The maximum atomic E-state index is 10.6. The molecule has 0 spiro atoms. The van der Waals surface area contributed by atoms with Crippen molar-refractivity contribution < 1.29 is 9.84 Å². The van der Waals surface area contributed by atoms with Gasteiger partial charge in [-0.05, 0) is 42.4 Å². The quantitative estimate of drug-likeness (QED) is 0.881. The van der Waals surface area contributed by atoms with Gasteiger partial charge in [-0.3, -0.25) is 0 Å². The zero-order chi connectivity index (χ0) is 14.4. The van der Waals surface area contributed by atoms with Crippen molar-refractivity contribution in [2.24, 2.45) is 16.7 Å². The van der Waals surface area contributed by atoms with Crippen molar-refractivity contribution in [1.82, 2.24) is 0 Å². The summed E-state index contributed by atoms with van der Waals surface area (Å²) in [5.41, 5.74) is 1.32. The number of aliphatic hydroxyl groups excluding tert-OH is 1. The molecule has 19 heavy (non-hydrogen) atoms. The number of benzene rings is 1. The Hall–Kier alpha value is -1.02. The molecule has 106 valence electrons. The van der Waals surface area contributed by atoms with Gasteiger partial charge in [-0.15, -0.1) is 0 Å². The highest BCUT2D eigenvalue weighted by Gasteiger charge is 2.67. The lowest BCUT2D eigenvalue weighted by atomic mass is 9.99. The normalized spacial score (nSPS) is 22.3. The van der Waals surface area contributed by atoms with Crippen molar-refractivity contribution >= 4 is 0 Å². The van der Waals surface area contributed by atoms with Gasteiger partial charge in [-0.1, -0.05) is 39.8 Å². The minimum absolute atomic E-state index is 0.154. The van der Waals surface area contributed by atoms with Gasteiger partial charge in [0, 0.05) is 5.92 Å². The predicted molar refractivity (Wildman–Crippen MR) is 78.2 cm³/mol. The molecule has 0 amide bonds. The molecule has 0 bridgehead atoms. The Kier molecular flexibility index (Phi) is 3.42. The van der Waals surface area contributed by atoms with Crippen LogP contribution in [0.5, 0.6) is 5.75 Å². The summed E-state index contributed by atoms with van der Waals surface area (Å²) < 4.78 is 5.70. The molecule has 1 aromatic rings. The second kappa shape index (κ2) is 4.52. The second-order valence-electron chi connectivity index (χ2n) is 7.10. The molecule has 2 heteroatoms. The van der Waals surface area contributed by atoms with Gasteiger partial charge in [0.2, 0.25) is 0 Å². The fourth-order valence-electron chi connectivity index (χ4n) is 3.27. The molecule has 1 atom stereocenters. The van der Waals surface area contributed by atoms with Crippen LogP contribution in [0.15, 0.2) is 24.3 Å². The molecule has 1 saturated carbocycles. The first-order valence-electron chi connectivity index (χ1n) is 7.12. The fourth-order valence-corrected chi connectivity index (χ4v) is 3.27. The zero-order valence-corrected chi connectivity index (χ0v) is 12.9. The van der Waals surface area contributed by atoms with Gasteiger partial charge in [0.25, 0.3) is 0 Å². The largest absolute Gasteiger partial charge is 0.491 e. The van der Waals surface area contributed by atoms with Crippen molar-refractivity contribution in [2.75, 3.05) is 0 Å². The summed E-state index contributed by atoms with van der Waals surface area (Å²) in [7, 11) is 0. The number of hydrogen-bond acceptors (Lipinski definition) is 2. The van der Waals surface area contributed by atoms with Crippen molar-refractivity contribution in [1.29, 1.82) is 0 Å². The molecule has 0 radical (unpaired) electrons. The second-order valence-corrected chi connectivity index (χ2v) is 7.10. The smallest absolute Gasteiger partial charge is 0.120 e. The minimum Gasteiger partial charge on any atom is -0.491 e. The predicted octanol–water partition coefficient (Wildman–Crippen LogP) is 4.19. The van der Waals surface area contributed by atoms with Crippen LogP contribution in [-0.4, -0.2) is 11.2 Å². The Morgan fingerprint density at radius 2 is 1.68 bits per heavy atom. The van der Waals surface area contributed by atoms with Crippen LogP contribution in [0.2, 0.25) is 0 Å². The van der Waals surface area contributed by atoms with Crippen molar-refractivity contribution in [2.45, 2.75) is 53.8 Å². The van der Waals surface area contributed by atoms with Crippen LogP contribution in [0.1, 0.15) is 53.2 Å². The number of ether oxygens (including phenoxy) is 1. The number of aliphatic hydroxyl groups is 1. The van der Waals surface area contributed by atoms with Crippen molar-refractivity contribution in [3.63, 3.8) is 0 Å². The van der Waals surface area contributed by atoms with Crippen LogP contribution in [0.4, 0.5) is 0 Å². The lowest BCUT2D eigenvalue weighted by Crippen LogP contribution is -2.08. The highest BCUT2D eigenvalue weighted by atomic mass is 16.5. The van der Waals surface area contributed by atoms with Crippen LogP contribution >= 0.6 is 0 Å². The van der Waals surface area contributed by atoms with Gasteiger partial charge in [-0.2, -0.15) is 0 Å². The fraction of sp³-hybridized carbons (Fsp3) is 0.647. The molecule has 2 rings (SSSR count). The Bertz CT molecular complexity index is 446. The molecule has 0 aliphatic heterocycles. The minimum atomic E-state index is -0.416. The van der Waals surface area contributed by atoms with E-state index in [1.807, 2.05) is 38.1 Å². The summed E-state index contributed by atoms with van der Waals surface area (Å²) >= 11 is 0. The maximum absolute atomic E-state index is 10.6. The number of hydrogen-bond donors (Lipinski definition) is 1. The van der Waals surface area contributed by atoms with Crippen LogP contribution in [0.25, 0.3) is 0 Å². The zero-order valence-electron chi connectivity index (χ0n) is 12.9. The first kappa shape index (κ1) is 14.4. The van der Waals surface area contributed by atoms with E-state index in [1.54, 1.807) is 0 Å². The van der Waals surface area contributed by atoms with Gasteiger partial charge < -0.3 is 9.84 Å². The van der Waals surface area contributed by atoms with Gasteiger partial charge in [-0.25, -0.2) is 0 Å². The van der Waals surface area contributed by atoms with E-state index in [2.05, 4.69) is 27.7 Å². The molecule has 2 nitrogen and oxygen atoms in total. The summed E-state index contributed by atoms with van der Waals surface area (Å²) in [6.07, 6.45) is -0.262. The van der Waals surface area contributed by atoms with Crippen LogP contribution in [-0.2, 0) is 0 Å². The third kappa shape index (κ3) is 2.38. The molecule has 1 aliphatic carbocycles. The molecule has 1 fully saturated rings. The number of rotatable bonds is 4. The van der Waals surface area contributed by atoms with Gasteiger partial charge in [0.1, 0.15) is 5.75 Å². The van der Waals surface area contributed by atoms with Gasteiger partial charge in [0.15, 0.2) is 0 Å².